The lowest BCUT2D eigenvalue weighted by Crippen LogP contribution is -3.00. The summed E-state index contributed by atoms with van der Waals surface area (Å²) >= 11 is 0. The highest BCUT2D eigenvalue weighted by Gasteiger charge is 2.06. The Labute approximate surface area is 120 Å². The van der Waals surface area contributed by atoms with E-state index in [9.17, 15) is 0 Å². The Morgan fingerprint density at radius 2 is 1.95 bits per heavy atom. The van der Waals surface area contributed by atoms with Crippen molar-refractivity contribution in [3.8, 4) is 0 Å². The van der Waals surface area contributed by atoms with Crippen LogP contribution in [0.3, 0.4) is 0 Å². The normalized spacial score (nSPS) is 10.0. The fourth-order valence-electron chi connectivity index (χ4n) is 2.03. The molecule has 0 unspecified atom stereocenters. The van der Waals surface area contributed by atoms with Crippen LogP contribution in [-0.4, -0.2) is 17.7 Å². The van der Waals surface area contributed by atoms with Crippen LogP contribution in [0.4, 0.5) is 11.4 Å². The first kappa shape index (κ1) is 15.4. The number of anilines is 2. The molecule has 0 aliphatic rings. The Bertz CT molecular complexity index is 492. The maximum Gasteiger partial charge on any atom is 0.243 e. The van der Waals surface area contributed by atoms with Crippen molar-refractivity contribution in [1.82, 2.24) is 4.57 Å². The Morgan fingerprint density at radius 3 is 2.47 bits per heavy atom. The molecular formula is C14H21ClN4. The molecule has 0 radical (unpaired) electrons. The lowest BCUT2D eigenvalue weighted by atomic mass is 10.2. The lowest BCUT2D eigenvalue weighted by Gasteiger charge is -2.22. The molecule has 0 spiro atoms. The van der Waals surface area contributed by atoms with Crippen molar-refractivity contribution in [2.45, 2.75) is 13.5 Å². The molecule has 4 nitrogen and oxygen atoms in total. The zero-order valence-corrected chi connectivity index (χ0v) is 12.2. The minimum absolute atomic E-state index is 0. The van der Waals surface area contributed by atoms with Crippen molar-refractivity contribution in [3.63, 3.8) is 0 Å². The predicted molar refractivity (Wildman–Crippen MR) is 74.3 cm³/mol. The third-order valence-electron chi connectivity index (χ3n) is 3.09. The summed E-state index contributed by atoms with van der Waals surface area (Å²) in [7, 11) is 2.04. The second-order valence-electron chi connectivity index (χ2n) is 4.49. The fourth-order valence-corrected chi connectivity index (χ4v) is 2.03. The number of halogens is 1. The molecule has 0 fully saturated rings. The Balaban J connectivity index is 0.00000180. The molecule has 0 saturated carbocycles. The second-order valence-corrected chi connectivity index (χ2v) is 4.49. The van der Waals surface area contributed by atoms with Crippen LogP contribution in [0.5, 0.6) is 0 Å². The number of likely N-dealkylation sites (N-methyl/N-ethyl adjacent to an activating group) is 1. The zero-order chi connectivity index (χ0) is 13.0. The molecule has 1 heterocycles. The van der Waals surface area contributed by atoms with E-state index in [0.717, 1.165) is 25.3 Å². The van der Waals surface area contributed by atoms with Gasteiger partial charge < -0.3 is 23.0 Å². The van der Waals surface area contributed by atoms with Gasteiger partial charge in [0.1, 0.15) is 18.9 Å². The average molecular weight is 281 g/mol. The lowest BCUT2D eigenvalue weighted by molar-refractivity contribution is -0.693. The molecule has 0 amide bonds. The summed E-state index contributed by atoms with van der Waals surface area (Å²) in [6.45, 7) is 5.15. The highest BCUT2D eigenvalue weighted by molar-refractivity contribution is 5.52. The van der Waals surface area contributed by atoms with Gasteiger partial charge in [-0.15, -0.1) is 0 Å². The van der Waals surface area contributed by atoms with E-state index >= 15 is 0 Å². The molecule has 0 saturated heterocycles. The maximum atomic E-state index is 5.71. The summed E-state index contributed by atoms with van der Waals surface area (Å²) in [4.78, 5) is 2.35. The van der Waals surface area contributed by atoms with E-state index in [1.165, 1.54) is 5.69 Å². The van der Waals surface area contributed by atoms with Crippen LogP contribution in [0, 0.1) is 0 Å². The Morgan fingerprint density at radius 1 is 1.26 bits per heavy atom. The molecule has 0 atom stereocenters. The van der Waals surface area contributed by atoms with Crippen molar-refractivity contribution >= 4 is 11.4 Å². The summed E-state index contributed by atoms with van der Waals surface area (Å²) < 4.78 is 4.25. The molecule has 0 aliphatic heterocycles. The number of hydrogen-bond donors (Lipinski definition) is 1. The number of hydrogen-bond acceptors (Lipinski definition) is 2. The minimum atomic E-state index is 0. The molecule has 5 heteroatoms. The van der Waals surface area contributed by atoms with Crippen molar-refractivity contribution in [1.29, 1.82) is 0 Å². The molecular weight excluding hydrogens is 260 g/mol. The quantitative estimate of drug-likeness (QED) is 0.531. The molecule has 1 aromatic carbocycles. The predicted octanol–water partition coefficient (Wildman–Crippen LogP) is -1.57. The number of aromatic nitrogens is 2. The van der Waals surface area contributed by atoms with Crippen molar-refractivity contribution in [3.05, 3.63) is 43.0 Å². The van der Waals surface area contributed by atoms with Crippen LogP contribution in [0.15, 0.2) is 43.0 Å². The van der Waals surface area contributed by atoms with E-state index in [2.05, 4.69) is 51.8 Å². The van der Waals surface area contributed by atoms with Crippen LogP contribution in [0.25, 0.3) is 0 Å². The molecule has 19 heavy (non-hydrogen) atoms. The first-order chi connectivity index (χ1) is 8.69. The molecule has 0 bridgehead atoms. The SMILES string of the molecule is CCN(CC[n+]1ccn(C)c1)c1ccc(N)cc1.[Cl-]. The smallest absolute Gasteiger partial charge is 0.243 e. The fraction of sp³-hybridized carbons (Fsp3) is 0.357. The summed E-state index contributed by atoms with van der Waals surface area (Å²) in [5.41, 5.74) is 7.75. The van der Waals surface area contributed by atoms with E-state index in [1.54, 1.807) is 0 Å². The highest BCUT2D eigenvalue weighted by atomic mass is 35.5. The average Bonchev–Trinajstić information content (AvgIpc) is 2.78. The molecule has 2 aromatic rings. The summed E-state index contributed by atoms with van der Waals surface area (Å²) in [6.07, 6.45) is 6.24. The molecule has 104 valence electrons. The summed E-state index contributed by atoms with van der Waals surface area (Å²) in [5.74, 6) is 0. The standard InChI is InChI=1S/C14H21N4.ClH/c1-3-18(14-6-4-13(15)5-7-14)11-10-17-9-8-16(2)12-17;/h4-9,12H,3,10-11,15H2,1-2H3;1H/q+1;/p-1. The van der Waals surface area contributed by atoms with E-state index in [1.807, 2.05) is 19.2 Å². The Kier molecular flexibility index (Phi) is 5.70. The van der Waals surface area contributed by atoms with Crippen molar-refractivity contribution < 1.29 is 17.0 Å². The van der Waals surface area contributed by atoms with Gasteiger partial charge in [-0.05, 0) is 31.2 Å². The largest absolute Gasteiger partial charge is 1.00 e. The number of nitrogens with zero attached hydrogens (tertiary/aromatic N) is 3. The minimum Gasteiger partial charge on any atom is -1.00 e. The van der Waals surface area contributed by atoms with Gasteiger partial charge in [-0.25, -0.2) is 9.13 Å². The van der Waals surface area contributed by atoms with Gasteiger partial charge in [0, 0.05) is 17.9 Å². The van der Waals surface area contributed by atoms with Gasteiger partial charge in [0.25, 0.3) is 0 Å². The number of aryl methyl sites for hydroxylation is 1. The maximum absolute atomic E-state index is 5.71. The summed E-state index contributed by atoms with van der Waals surface area (Å²) in [6, 6.07) is 8.06. The van der Waals surface area contributed by atoms with E-state index in [4.69, 9.17) is 5.73 Å². The first-order valence-electron chi connectivity index (χ1n) is 6.30. The first-order valence-corrected chi connectivity index (χ1v) is 6.30. The number of rotatable bonds is 5. The van der Waals surface area contributed by atoms with E-state index in [0.29, 0.717) is 0 Å². The number of nitrogens with two attached hydrogens (primary N) is 1. The van der Waals surface area contributed by atoms with Gasteiger partial charge in [0.15, 0.2) is 0 Å². The highest BCUT2D eigenvalue weighted by Crippen LogP contribution is 2.15. The van der Waals surface area contributed by atoms with E-state index < -0.39 is 0 Å². The van der Waals surface area contributed by atoms with Gasteiger partial charge >= 0.3 is 0 Å². The third kappa shape index (κ3) is 4.17. The number of nitrogen functional groups attached to an aromatic ring is 1. The van der Waals surface area contributed by atoms with Crippen LogP contribution < -0.4 is 27.6 Å². The van der Waals surface area contributed by atoms with E-state index in [-0.39, 0.29) is 12.4 Å². The molecule has 2 rings (SSSR count). The van der Waals surface area contributed by atoms with Crippen molar-refractivity contribution in [2.24, 2.45) is 7.05 Å². The van der Waals surface area contributed by atoms with Gasteiger partial charge in [-0.3, -0.25) is 0 Å². The monoisotopic (exact) mass is 280 g/mol. The van der Waals surface area contributed by atoms with Crippen LogP contribution in [0.2, 0.25) is 0 Å². The summed E-state index contributed by atoms with van der Waals surface area (Å²) in [5, 5.41) is 0. The van der Waals surface area contributed by atoms with Crippen molar-refractivity contribution in [2.75, 3.05) is 23.7 Å². The molecule has 2 N–H and O–H groups in total. The molecule has 1 aromatic heterocycles. The zero-order valence-electron chi connectivity index (χ0n) is 11.5. The third-order valence-corrected chi connectivity index (χ3v) is 3.09. The Hall–Kier alpha value is -1.68. The topological polar surface area (TPSA) is 38.1 Å². The van der Waals surface area contributed by atoms with Crippen LogP contribution >= 0.6 is 0 Å². The van der Waals surface area contributed by atoms with Gasteiger partial charge in [-0.2, -0.15) is 0 Å². The van der Waals surface area contributed by atoms with Gasteiger partial charge in [-0.1, -0.05) is 0 Å². The van der Waals surface area contributed by atoms with Gasteiger partial charge in [0.2, 0.25) is 6.33 Å². The number of benzene rings is 1. The second kappa shape index (κ2) is 7.04. The molecule has 0 aliphatic carbocycles. The van der Waals surface area contributed by atoms with Gasteiger partial charge in [0.05, 0.1) is 13.6 Å². The van der Waals surface area contributed by atoms with Crippen LogP contribution in [-0.2, 0) is 13.6 Å². The number of imidazole rings is 1. The van der Waals surface area contributed by atoms with Crippen LogP contribution in [0.1, 0.15) is 6.92 Å².